The molecule has 6 nitrogen and oxygen atoms in total. The van der Waals surface area contributed by atoms with Gasteiger partial charge in [0.1, 0.15) is 15.8 Å². The van der Waals surface area contributed by atoms with Crippen molar-refractivity contribution in [1.82, 2.24) is 14.3 Å². The van der Waals surface area contributed by atoms with Crippen LogP contribution in [-0.4, -0.2) is 44.1 Å². The zero-order valence-corrected chi connectivity index (χ0v) is 20.3. The Morgan fingerprint density at radius 1 is 1.16 bits per heavy atom. The van der Waals surface area contributed by atoms with Gasteiger partial charge in [-0.15, -0.1) is 0 Å². The second-order valence-electron chi connectivity index (χ2n) is 7.71. The first kappa shape index (κ1) is 23.5. The Hall–Kier alpha value is -2.19. The second kappa shape index (κ2) is 10.4. The molecule has 0 aliphatic carbocycles. The summed E-state index contributed by atoms with van der Waals surface area (Å²) in [6.07, 6.45) is 7.18. The number of anilines is 1. The Labute approximate surface area is 193 Å². The minimum Gasteiger partial charge on any atom is -0.356 e. The Morgan fingerprint density at radius 3 is 2.52 bits per heavy atom. The lowest BCUT2D eigenvalue weighted by molar-refractivity contribution is -0.122. The largest absolute Gasteiger partial charge is 0.356 e. The number of fused-ring (bicyclic) bond motifs is 1. The van der Waals surface area contributed by atoms with Gasteiger partial charge in [-0.1, -0.05) is 57.2 Å². The highest BCUT2D eigenvalue weighted by Crippen LogP contribution is 2.33. The van der Waals surface area contributed by atoms with Gasteiger partial charge in [0, 0.05) is 25.8 Å². The van der Waals surface area contributed by atoms with Crippen LogP contribution >= 0.6 is 24.0 Å². The highest BCUT2D eigenvalue weighted by molar-refractivity contribution is 8.26. The molecule has 3 heterocycles. The summed E-state index contributed by atoms with van der Waals surface area (Å²) in [5.41, 5.74) is 1.86. The number of rotatable bonds is 9. The van der Waals surface area contributed by atoms with Crippen LogP contribution in [0.4, 0.5) is 5.82 Å². The number of thiocarbonyl (C=S) groups is 1. The number of unbranched alkanes of at least 4 members (excludes halogenated alkanes) is 1. The average Bonchev–Trinajstić information content (AvgIpc) is 3.01. The molecule has 0 saturated carbocycles. The lowest BCUT2D eigenvalue weighted by Gasteiger charge is -2.25. The molecule has 0 bridgehead atoms. The monoisotopic (exact) mass is 458 g/mol. The van der Waals surface area contributed by atoms with Crippen molar-refractivity contribution in [3.63, 3.8) is 0 Å². The molecule has 3 rings (SSSR count). The maximum Gasteiger partial charge on any atom is 0.267 e. The van der Waals surface area contributed by atoms with E-state index < -0.39 is 0 Å². The van der Waals surface area contributed by atoms with E-state index >= 15 is 0 Å². The number of aryl methyl sites for hydroxylation is 1. The highest BCUT2D eigenvalue weighted by Gasteiger charge is 2.32. The van der Waals surface area contributed by atoms with E-state index in [-0.39, 0.29) is 11.5 Å². The van der Waals surface area contributed by atoms with Gasteiger partial charge in [0.05, 0.1) is 10.5 Å². The van der Waals surface area contributed by atoms with Crippen LogP contribution in [0.15, 0.2) is 28.0 Å². The molecule has 0 atom stereocenters. The molecule has 1 aliphatic rings. The number of aromatic nitrogens is 2. The number of carbonyl (C=O) groups excluding carboxylic acids is 1. The minimum atomic E-state index is -0.167. The molecule has 2 aromatic rings. The Balaban J connectivity index is 2.18. The van der Waals surface area contributed by atoms with Gasteiger partial charge >= 0.3 is 0 Å². The van der Waals surface area contributed by atoms with Crippen LogP contribution in [0.2, 0.25) is 0 Å². The van der Waals surface area contributed by atoms with E-state index in [4.69, 9.17) is 17.2 Å². The summed E-state index contributed by atoms with van der Waals surface area (Å²) in [5.74, 6) is 0.516. The molecule has 0 unspecified atom stereocenters. The quantitative estimate of drug-likeness (QED) is 0.403. The van der Waals surface area contributed by atoms with Gasteiger partial charge in [-0.3, -0.25) is 18.9 Å². The van der Waals surface area contributed by atoms with E-state index in [0.29, 0.717) is 32.8 Å². The number of hydrogen-bond acceptors (Lipinski definition) is 6. The normalized spacial score (nSPS) is 15.5. The second-order valence-corrected chi connectivity index (χ2v) is 9.39. The van der Waals surface area contributed by atoms with Gasteiger partial charge in [-0.25, -0.2) is 4.98 Å². The molecular formula is C23H30N4O2S2. The van der Waals surface area contributed by atoms with Crippen molar-refractivity contribution in [3.05, 3.63) is 44.7 Å². The maximum atomic E-state index is 13.5. The van der Waals surface area contributed by atoms with E-state index in [1.165, 1.54) is 11.8 Å². The van der Waals surface area contributed by atoms with Crippen molar-refractivity contribution >= 4 is 51.7 Å². The van der Waals surface area contributed by atoms with Crippen LogP contribution in [0, 0.1) is 6.92 Å². The highest BCUT2D eigenvalue weighted by atomic mass is 32.2. The summed E-state index contributed by atoms with van der Waals surface area (Å²) >= 11 is 6.70. The fourth-order valence-corrected chi connectivity index (χ4v) is 4.96. The molecule has 1 saturated heterocycles. The van der Waals surface area contributed by atoms with Gasteiger partial charge in [0.15, 0.2) is 0 Å². The van der Waals surface area contributed by atoms with Crippen molar-refractivity contribution in [2.45, 2.75) is 53.4 Å². The zero-order chi connectivity index (χ0) is 22.5. The topological polar surface area (TPSA) is 57.9 Å². The average molecular weight is 459 g/mol. The van der Waals surface area contributed by atoms with Crippen molar-refractivity contribution < 1.29 is 4.79 Å². The number of pyridine rings is 1. The Kier molecular flexibility index (Phi) is 7.89. The Bertz CT molecular complexity index is 1070. The third-order valence-corrected chi connectivity index (χ3v) is 6.61. The first-order valence-electron chi connectivity index (χ1n) is 10.9. The van der Waals surface area contributed by atoms with Crippen LogP contribution in [0.3, 0.4) is 0 Å². The molecule has 0 radical (unpaired) electrons. The molecule has 0 N–H and O–H groups in total. The summed E-state index contributed by atoms with van der Waals surface area (Å²) in [6, 6.07) is 3.79. The maximum absolute atomic E-state index is 13.5. The SMILES string of the molecule is CCCCN1C(=O)C(=Cc2c(N(CCC)CCC)nc3c(C)cccn3c2=O)SC1=S. The molecule has 1 fully saturated rings. The summed E-state index contributed by atoms with van der Waals surface area (Å²) in [6.45, 7) is 10.5. The lowest BCUT2D eigenvalue weighted by Crippen LogP contribution is -2.31. The van der Waals surface area contributed by atoms with Gasteiger partial charge in [-0.2, -0.15) is 0 Å². The molecule has 31 heavy (non-hydrogen) atoms. The van der Waals surface area contributed by atoms with Crippen molar-refractivity contribution in [2.24, 2.45) is 0 Å². The number of thioether (sulfide) groups is 1. The first-order chi connectivity index (χ1) is 14.9. The smallest absolute Gasteiger partial charge is 0.267 e. The summed E-state index contributed by atoms with van der Waals surface area (Å²) in [5, 5.41) is 0. The van der Waals surface area contributed by atoms with Gasteiger partial charge in [0.2, 0.25) is 0 Å². The number of nitrogens with zero attached hydrogens (tertiary/aromatic N) is 4. The van der Waals surface area contributed by atoms with Crippen LogP contribution in [0.1, 0.15) is 57.6 Å². The molecule has 166 valence electrons. The number of carbonyl (C=O) groups is 1. The lowest BCUT2D eigenvalue weighted by atomic mass is 10.2. The predicted molar refractivity (Wildman–Crippen MR) is 134 cm³/mol. The molecule has 0 spiro atoms. The van der Waals surface area contributed by atoms with Crippen molar-refractivity contribution in [3.8, 4) is 0 Å². The van der Waals surface area contributed by atoms with Gasteiger partial charge in [-0.05, 0) is 43.9 Å². The summed E-state index contributed by atoms with van der Waals surface area (Å²) < 4.78 is 2.12. The predicted octanol–water partition coefficient (Wildman–Crippen LogP) is 4.63. The molecule has 0 aromatic carbocycles. The molecule has 8 heteroatoms. The van der Waals surface area contributed by atoms with E-state index in [0.717, 1.165) is 44.3 Å². The van der Waals surface area contributed by atoms with E-state index in [1.807, 2.05) is 19.1 Å². The third kappa shape index (κ3) is 4.85. The molecular weight excluding hydrogens is 428 g/mol. The first-order valence-corrected chi connectivity index (χ1v) is 12.2. The van der Waals surface area contributed by atoms with Crippen molar-refractivity contribution in [1.29, 1.82) is 0 Å². The Morgan fingerprint density at radius 2 is 1.87 bits per heavy atom. The summed E-state index contributed by atoms with van der Waals surface area (Å²) in [4.78, 5) is 35.7. The van der Waals surface area contributed by atoms with Gasteiger partial charge < -0.3 is 4.90 Å². The molecule has 2 aromatic heterocycles. The van der Waals surface area contributed by atoms with E-state index in [2.05, 4.69) is 25.7 Å². The van der Waals surface area contributed by atoms with Crippen LogP contribution < -0.4 is 10.5 Å². The van der Waals surface area contributed by atoms with Crippen LogP contribution in [0.5, 0.6) is 0 Å². The third-order valence-electron chi connectivity index (χ3n) is 5.24. The van der Waals surface area contributed by atoms with E-state index in [1.54, 1.807) is 21.6 Å². The van der Waals surface area contributed by atoms with Gasteiger partial charge in [0.25, 0.3) is 11.5 Å². The molecule has 1 amide bonds. The number of hydrogen-bond donors (Lipinski definition) is 0. The fraction of sp³-hybridized carbons (Fsp3) is 0.478. The summed E-state index contributed by atoms with van der Waals surface area (Å²) in [7, 11) is 0. The zero-order valence-electron chi connectivity index (χ0n) is 18.7. The van der Waals surface area contributed by atoms with E-state index in [9.17, 15) is 9.59 Å². The standard InChI is InChI=1S/C23H30N4O2S2/c1-5-8-13-27-22(29)18(31-23(27)30)15-17-20(25(11-6-2)12-7-3)24-19-16(4)10-9-14-26(19)21(17)28/h9-10,14-15H,5-8,11-13H2,1-4H3. The van der Waals surface area contributed by atoms with Crippen molar-refractivity contribution in [2.75, 3.05) is 24.5 Å². The molecule has 1 aliphatic heterocycles. The van der Waals surface area contributed by atoms with Crippen LogP contribution in [-0.2, 0) is 4.79 Å². The number of amides is 1. The minimum absolute atomic E-state index is 0.124. The fourth-order valence-electron chi connectivity index (χ4n) is 3.67. The van der Waals surface area contributed by atoms with Crippen LogP contribution in [0.25, 0.3) is 11.7 Å².